The van der Waals surface area contributed by atoms with Crippen molar-refractivity contribution in [2.75, 3.05) is 13.6 Å². The average molecular weight is 425 g/mol. The van der Waals surface area contributed by atoms with Crippen LogP contribution in [0.5, 0.6) is 5.75 Å². The van der Waals surface area contributed by atoms with Crippen molar-refractivity contribution in [3.8, 4) is 5.75 Å². The number of aliphatic hydroxyl groups excluding tert-OH is 3. The van der Waals surface area contributed by atoms with Crippen molar-refractivity contribution in [2.45, 2.75) is 74.3 Å². The van der Waals surface area contributed by atoms with Gasteiger partial charge in [-0.1, -0.05) is 31.4 Å². The van der Waals surface area contributed by atoms with Crippen LogP contribution in [0.1, 0.15) is 43.6 Å². The lowest BCUT2D eigenvalue weighted by Gasteiger charge is -2.40. The molecule has 1 saturated carbocycles. The summed E-state index contributed by atoms with van der Waals surface area (Å²) in [6.07, 6.45) is -3.66. The van der Waals surface area contributed by atoms with E-state index in [1.807, 2.05) is 19.2 Å². The maximum Gasteiger partial charge on any atom is 0.335 e. The van der Waals surface area contributed by atoms with Gasteiger partial charge in [-0.25, -0.2) is 4.79 Å². The first-order chi connectivity index (χ1) is 14.3. The Morgan fingerprint density at radius 1 is 1.13 bits per heavy atom. The molecule has 0 radical (unpaired) electrons. The van der Waals surface area contributed by atoms with Gasteiger partial charge in [0, 0.05) is 12.5 Å². The molecule has 9 nitrogen and oxygen atoms in total. The lowest BCUT2D eigenvalue weighted by atomic mass is 9.73. The first-order valence-corrected chi connectivity index (χ1v) is 10.3. The molecule has 1 aromatic carbocycles. The summed E-state index contributed by atoms with van der Waals surface area (Å²) in [7, 11) is 1.84. The summed E-state index contributed by atoms with van der Waals surface area (Å²) < 4.78 is 10.7. The number of rotatable bonds is 7. The third-order valence-electron chi connectivity index (χ3n) is 6.12. The van der Waals surface area contributed by atoms with E-state index in [4.69, 9.17) is 14.6 Å². The van der Waals surface area contributed by atoms with Gasteiger partial charge in [0.1, 0.15) is 24.1 Å². The highest BCUT2D eigenvalue weighted by molar-refractivity contribution is 5.73. The van der Waals surface area contributed by atoms with Gasteiger partial charge in [-0.3, -0.25) is 0 Å². The molecule has 1 aliphatic carbocycles. The Kier molecular flexibility index (Phi) is 7.33. The molecular formula is C21H31NO8. The van der Waals surface area contributed by atoms with Crippen LogP contribution < -0.4 is 10.1 Å². The van der Waals surface area contributed by atoms with Gasteiger partial charge < -0.3 is 40.3 Å². The van der Waals surface area contributed by atoms with Crippen molar-refractivity contribution in [1.29, 1.82) is 0 Å². The normalized spacial score (nSPS) is 32.4. The van der Waals surface area contributed by atoms with Gasteiger partial charge in [0.25, 0.3) is 0 Å². The van der Waals surface area contributed by atoms with E-state index in [2.05, 4.69) is 5.32 Å². The average Bonchev–Trinajstić information content (AvgIpc) is 2.73. The molecule has 30 heavy (non-hydrogen) atoms. The second kappa shape index (κ2) is 9.59. The van der Waals surface area contributed by atoms with Gasteiger partial charge in [0.15, 0.2) is 6.10 Å². The topological polar surface area (TPSA) is 149 Å². The molecule has 1 heterocycles. The van der Waals surface area contributed by atoms with Crippen molar-refractivity contribution >= 4 is 5.97 Å². The number of benzene rings is 1. The maximum absolute atomic E-state index is 11.2. The van der Waals surface area contributed by atoms with E-state index in [-0.39, 0.29) is 5.92 Å². The Labute approximate surface area is 175 Å². The molecule has 1 aromatic rings. The predicted octanol–water partition coefficient (Wildman–Crippen LogP) is -0.0442. The highest BCUT2D eigenvalue weighted by Gasteiger charge is 2.48. The minimum atomic E-state index is -1.77. The molecule has 6 N–H and O–H groups in total. The van der Waals surface area contributed by atoms with Gasteiger partial charge in [-0.15, -0.1) is 0 Å². The number of nitrogens with one attached hydrogen (secondary N) is 1. The fourth-order valence-electron chi connectivity index (χ4n) is 4.40. The quantitative estimate of drug-likeness (QED) is 0.354. The number of likely N-dealkylation sites (N-methyl/N-ethyl adjacent to an activating group) is 1. The van der Waals surface area contributed by atoms with Gasteiger partial charge in [0.2, 0.25) is 6.29 Å². The summed E-state index contributed by atoms with van der Waals surface area (Å²) in [5.41, 5.74) is 0.159. The Morgan fingerprint density at radius 3 is 2.33 bits per heavy atom. The predicted molar refractivity (Wildman–Crippen MR) is 106 cm³/mol. The Bertz CT molecular complexity index is 705. The number of aliphatic hydroxyl groups is 4. The van der Waals surface area contributed by atoms with Crippen LogP contribution in [0.15, 0.2) is 24.3 Å². The van der Waals surface area contributed by atoms with Crippen molar-refractivity contribution in [2.24, 2.45) is 0 Å². The number of carboxylic acid groups (broad SMARTS) is 1. The first kappa shape index (κ1) is 22.9. The molecule has 0 bridgehead atoms. The second-order valence-corrected chi connectivity index (χ2v) is 8.20. The van der Waals surface area contributed by atoms with Crippen LogP contribution in [-0.2, 0) is 9.53 Å². The van der Waals surface area contributed by atoms with Gasteiger partial charge in [0.05, 0.1) is 5.60 Å². The molecule has 6 atom stereocenters. The minimum Gasteiger partial charge on any atom is -0.479 e. The third-order valence-corrected chi connectivity index (χ3v) is 6.12. The Balaban J connectivity index is 1.73. The van der Waals surface area contributed by atoms with Crippen molar-refractivity contribution in [3.05, 3.63) is 29.8 Å². The SMILES string of the molecule is CNCC(c1ccc(OC2OC(C(=O)O)C(O)C(O)C2O)cc1)C1(O)CCCCC1. The maximum atomic E-state index is 11.2. The number of ether oxygens (including phenoxy) is 2. The molecule has 2 fully saturated rings. The number of carbonyl (C=O) groups is 1. The zero-order valence-electron chi connectivity index (χ0n) is 17.0. The summed E-state index contributed by atoms with van der Waals surface area (Å²) in [5.74, 6) is -1.26. The fraction of sp³-hybridized carbons (Fsp3) is 0.667. The fourth-order valence-corrected chi connectivity index (χ4v) is 4.40. The van der Waals surface area contributed by atoms with E-state index in [0.29, 0.717) is 12.3 Å². The molecule has 168 valence electrons. The molecule has 1 aliphatic heterocycles. The Morgan fingerprint density at radius 2 is 1.77 bits per heavy atom. The van der Waals surface area contributed by atoms with Crippen molar-refractivity contribution < 1.29 is 39.8 Å². The Hall–Kier alpha value is -1.75. The number of hydrogen-bond donors (Lipinski definition) is 6. The van der Waals surface area contributed by atoms with Gasteiger partial charge in [-0.05, 0) is 37.6 Å². The van der Waals surface area contributed by atoms with Gasteiger partial charge in [-0.2, -0.15) is 0 Å². The lowest BCUT2D eigenvalue weighted by Crippen LogP contribution is -2.61. The van der Waals surface area contributed by atoms with Crippen molar-refractivity contribution in [3.63, 3.8) is 0 Å². The third kappa shape index (κ3) is 4.77. The first-order valence-electron chi connectivity index (χ1n) is 10.3. The lowest BCUT2D eigenvalue weighted by molar-refractivity contribution is -0.271. The van der Waals surface area contributed by atoms with Crippen LogP contribution in [0.3, 0.4) is 0 Å². The van der Waals surface area contributed by atoms with Crippen LogP contribution in [0.25, 0.3) is 0 Å². The van der Waals surface area contributed by atoms with E-state index in [9.17, 15) is 25.2 Å². The van der Waals surface area contributed by atoms with Crippen LogP contribution >= 0.6 is 0 Å². The van der Waals surface area contributed by atoms with Crippen LogP contribution in [-0.4, -0.2) is 81.4 Å². The summed E-state index contributed by atoms with van der Waals surface area (Å²) in [5, 5.41) is 53.2. The summed E-state index contributed by atoms with van der Waals surface area (Å²) in [6, 6.07) is 6.93. The minimum absolute atomic E-state index is 0.0956. The van der Waals surface area contributed by atoms with Crippen LogP contribution in [0.4, 0.5) is 0 Å². The van der Waals surface area contributed by atoms with E-state index in [1.54, 1.807) is 12.1 Å². The number of carboxylic acids is 1. The second-order valence-electron chi connectivity index (χ2n) is 8.20. The van der Waals surface area contributed by atoms with Crippen LogP contribution in [0, 0.1) is 0 Å². The zero-order valence-corrected chi connectivity index (χ0v) is 17.0. The largest absolute Gasteiger partial charge is 0.479 e. The molecule has 0 spiro atoms. The molecule has 2 aliphatic rings. The molecule has 0 aromatic heterocycles. The van der Waals surface area contributed by atoms with E-state index in [1.165, 1.54) is 0 Å². The molecular weight excluding hydrogens is 394 g/mol. The highest BCUT2D eigenvalue weighted by Crippen LogP contribution is 2.40. The van der Waals surface area contributed by atoms with Crippen LogP contribution in [0.2, 0.25) is 0 Å². The molecule has 9 heteroatoms. The monoisotopic (exact) mass is 425 g/mol. The molecule has 0 amide bonds. The van der Waals surface area contributed by atoms with E-state index in [0.717, 1.165) is 37.7 Å². The summed E-state index contributed by atoms with van der Waals surface area (Å²) in [6.45, 7) is 0.617. The van der Waals surface area contributed by atoms with E-state index < -0.39 is 42.3 Å². The number of aliphatic carboxylic acids is 1. The van der Waals surface area contributed by atoms with Crippen molar-refractivity contribution in [1.82, 2.24) is 5.32 Å². The molecule has 3 rings (SSSR count). The standard InChI is InChI=1S/C21H31NO8/c1-22-11-14(21(28)9-3-2-4-10-21)12-5-7-13(8-6-12)29-20-17(25)15(23)16(24)18(30-20)19(26)27/h5-8,14-18,20,22-25,28H,2-4,9-11H2,1H3,(H,26,27). The summed E-state index contributed by atoms with van der Waals surface area (Å²) in [4.78, 5) is 11.2. The smallest absolute Gasteiger partial charge is 0.335 e. The molecule has 1 saturated heterocycles. The summed E-state index contributed by atoms with van der Waals surface area (Å²) >= 11 is 0. The zero-order chi connectivity index (χ0) is 21.9. The number of hydrogen-bond acceptors (Lipinski definition) is 8. The highest BCUT2D eigenvalue weighted by atomic mass is 16.7. The van der Waals surface area contributed by atoms with E-state index >= 15 is 0 Å². The van der Waals surface area contributed by atoms with Gasteiger partial charge >= 0.3 is 5.97 Å². The molecule has 6 unspecified atom stereocenters.